The molecular formula is C21H18FN5O2. The van der Waals surface area contributed by atoms with Gasteiger partial charge in [-0.15, -0.1) is 0 Å². The molecule has 2 aromatic heterocycles. The van der Waals surface area contributed by atoms with Crippen LogP contribution in [0.25, 0.3) is 11.3 Å². The first kappa shape index (κ1) is 18.4. The number of aromatic amines is 1. The molecule has 0 aliphatic rings. The van der Waals surface area contributed by atoms with Gasteiger partial charge in [0.05, 0.1) is 31.2 Å². The Morgan fingerprint density at radius 2 is 2.03 bits per heavy atom. The van der Waals surface area contributed by atoms with Crippen molar-refractivity contribution in [2.24, 2.45) is 0 Å². The highest BCUT2D eigenvalue weighted by molar-refractivity contribution is 6.03. The Labute approximate surface area is 166 Å². The van der Waals surface area contributed by atoms with Crippen molar-refractivity contribution >= 4 is 11.6 Å². The number of methoxy groups -OCH3 is 1. The predicted molar refractivity (Wildman–Crippen MR) is 106 cm³/mol. The number of ether oxygens (including phenoxy) is 1. The van der Waals surface area contributed by atoms with Crippen molar-refractivity contribution in [1.29, 1.82) is 0 Å². The summed E-state index contributed by atoms with van der Waals surface area (Å²) < 4.78 is 20.0. The van der Waals surface area contributed by atoms with E-state index < -0.39 is 0 Å². The molecule has 0 radical (unpaired) electrons. The largest absolute Gasteiger partial charge is 0.497 e. The van der Waals surface area contributed by atoms with E-state index in [1.165, 1.54) is 12.1 Å². The van der Waals surface area contributed by atoms with Crippen molar-refractivity contribution in [3.05, 3.63) is 84.1 Å². The third-order valence-electron chi connectivity index (χ3n) is 4.33. The lowest BCUT2D eigenvalue weighted by atomic mass is 10.1. The molecule has 4 aromatic rings. The van der Waals surface area contributed by atoms with E-state index in [9.17, 15) is 9.18 Å². The van der Waals surface area contributed by atoms with E-state index in [1.807, 2.05) is 24.3 Å². The maximum atomic E-state index is 13.0. The molecule has 4 rings (SSSR count). The van der Waals surface area contributed by atoms with Gasteiger partial charge in [0, 0.05) is 11.8 Å². The first-order valence-corrected chi connectivity index (χ1v) is 8.89. The highest BCUT2D eigenvalue weighted by atomic mass is 19.1. The van der Waals surface area contributed by atoms with Gasteiger partial charge in [-0.2, -0.15) is 10.2 Å². The van der Waals surface area contributed by atoms with E-state index in [2.05, 4.69) is 20.6 Å². The molecule has 0 spiro atoms. The van der Waals surface area contributed by atoms with Crippen molar-refractivity contribution in [1.82, 2.24) is 20.0 Å². The molecule has 8 heteroatoms. The molecule has 0 unspecified atom stereocenters. The molecule has 0 aliphatic heterocycles. The standard InChI is InChI=1S/C21H18FN5O2/c1-29-18-4-2-3-14(9-18)12-27-13-17(11-23-27)24-21(28)20-10-19(25-26-20)15-5-7-16(22)8-6-15/h2-11,13H,12H2,1H3,(H,24,28)(H,25,26). The Kier molecular flexibility index (Phi) is 5.07. The Hall–Kier alpha value is -3.94. The van der Waals surface area contributed by atoms with Gasteiger partial charge < -0.3 is 10.1 Å². The van der Waals surface area contributed by atoms with Gasteiger partial charge in [0.2, 0.25) is 0 Å². The number of anilines is 1. The normalized spacial score (nSPS) is 10.7. The van der Waals surface area contributed by atoms with Gasteiger partial charge in [-0.25, -0.2) is 4.39 Å². The number of amides is 1. The smallest absolute Gasteiger partial charge is 0.273 e. The fourth-order valence-corrected chi connectivity index (χ4v) is 2.88. The van der Waals surface area contributed by atoms with Crippen molar-refractivity contribution in [3.63, 3.8) is 0 Å². The second-order valence-corrected chi connectivity index (χ2v) is 6.41. The molecule has 0 saturated carbocycles. The van der Waals surface area contributed by atoms with Crippen molar-refractivity contribution in [3.8, 4) is 17.0 Å². The van der Waals surface area contributed by atoms with Crippen LogP contribution < -0.4 is 10.1 Å². The van der Waals surface area contributed by atoms with Crippen LogP contribution in [0.15, 0.2) is 67.0 Å². The number of benzene rings is 2. The van der Waals surface area contributed by atoms with Crippen LogP contribution in [0, 0.1) is 5.82 Å². The number of carbonyl (C=O) groups excluding carboxylic acids is 1. The summed E-state index contributed by atoms with van der Waals surface area (Å²) in [6.45, 7) is 0.547. The van der Waals surface area contributed by atoms with Gasteiger partial charge in [-0.05, 0) is 48.0 Å². The molecule has 2 heterocycles. The van der Waals surface area contributed by atoms with Crippen LogP contribution in [0.1, 0.15) is 16.1 Å². The van der Waals surface area contributed by atoms with Crippen LogP contribution in [0.4, 0.5) is 10.1 Å². The van der Waals surface area contributed by atoms with Crippen molar-refractivity contribution in [2.45, 2.75) is 6.54 Å². The minimum absolute atomic E-state index is 0.296. The van der Waals surface area contributed by atoms with E-state index in [4.69, 9.17) is 4.74 Å². The number of halogens is 1. The molecule has 146 valence electrons. The zero-order valence-electron chi connectivity index (χ0n) is 15.6. The molecular weight excluding hydrogens is 373 g/mol. The van der Waals surface area contributed by atoms with Gasteiger partial charge in [0.1, 0.15) is 17.3 Å². The van der Waals surface area contributed by atoms with Crippen LogP contribution in [0.5, 0.6) is 5.75 Å². The van der Waals surface area contributed by atoms with Gasteiger partial charge in [-0.1, -0.05) is 12.1 Å². The lowest BCUT2D eigenvalue weighted by Gasteiger charge is -2.04. The summed E-state index contributed by atoms with van der Waals surface area (Å²) >= 11 is 0. The molecule has 2 N–H and O–H groups in total. The monoisotopic (exact) mass is 391 g/mol. The fraction of sp³-hybridized carbons (Fsp3) is 0.0952. The van der Waals surface area contributed by atoms with Gasteiger partial charge >= 0.3 is 0 Å². The van der Waals surface area contributed by atoms with E-state index in [0.29, 0.717) is 29.2 Å². The van der Waals surface area contributed by atoms with E-state index in [1.54, 1.807) is 42.4 Å². The first-order chi connectivity index (χ1) is 14.1. The number of carbonyl (C=O) groups is 1. The quantitative estimate of drug-likeness (QED) is 0.525. The number of aromatic nitrogens is 4. The molecule has 0 fully saturated rings. The van der Waals surface area contributed by atoms with Gasteiger partial charge in [0.15, 0.2) is 0 Å². The number of H-pyrrole nitrogens is 1. The molecule has 0 aliphatic carbocycles. The molecule has 1 amide bonds. The number of nitrogens with zero attached hydrogens (tertiary/aromatic N) is 3. The lowest BCUT2D eigenvalue weighted by molar-refractivity contribution is 0.102. The maximum absolute atomic E-state index is 13.0. The highest BCUT2D eigenvalue weighted by Gasteiger charge is 2.12. The molecule has 2 aromatic carbocycles. The summed E-state index contributed by atoms with van der Waals surface area (Å²) in [4.78, 5) is 12.5. The lowest BCUT2D eigenvalue weighted by Crippen LogP contribution is -2.11. The second kappa shape index (κ2) is 7.97. The topological polar surface area (TPSA) is 84.8 Å². The zero-order valence-corrected chi connectivity index (χ0v) is 15.6. The van der Waals surface area contributed by atoms with Crippen molar-refractivity contribution in [2.75, 3.05) is 12.4 Å². The van der Waals surface area contributed by atoms with Gasteiger partial charge in [-0.3, -0.25) is 14.6 Å². The van der Waals surface area contributed by atoms with Crippen LogP contribution in [-0.4, -0.2) is 33.0 Å². The van der Waals surface area contributed by atoms with Gasteiger partial charge in [0.25, 0.3) is 5.91 Å². The molecule has 7 nitrogen and oxygen atoms in total. The third kappa shape index (κ3) is 4.32. The Morgan fingerprint density at radius 1 is 1.21 bits per heavy atom. The van der Waals surface area contributed by atoms with Crippen LogP contribution in [0.2, 0.25) is 0 Å². The fourth-order valence-electron chi connectivity index (χ4n) is 2.88. The summed E-state index contributed by atoms with van der Waals surface area (Å²) in [5, 5.41) is 13.9. The van der Waals surface area contributed by atoms with E-state index >= 15 is 0 Å². The highest BCUT2D eigenvalue weighted by Crippen LogP contribution is 2.19. The minimum atomic E-state index is -0.341. The summed E-state index contributed by atoms with van der Waals surface area (Å²) in [5.74, 6) is 0.111. The number of hydrogen-bond acceptors (Lipinski definition) is 4. The zero-order chi connectivity index (χ0) is 20.2. The van der Waals surface area contributed by atoms with Crippen LogP contribution in [-0.2, 0) is 6.54 Å². The minimum Gasteiger partial charge on any atom is -0.497 e. The number of rotatable bonds is 6. The average Bonchev–Trinajstić information content (AvgIpc) is 3.39. The predicted octanol–water partition coefficient (Wildman–Crippen LogP) is 3.72. The number of hydrogen-bond donors (Lipinski definition) is 2. The summed E-state index contributed by atoms with van der Waals surface area (Å²) in [5.41, 5.74) is 3.17. The van der Waals surface area contributed by atoms with Crippen LogP contribution in [0.3, 0.4) is 0 Å². The SMILES string of the molecule is COc1cccc(Cn2cc(NC(=O)c3cc(-c4ccc(F)cc4)n[nH]3)cn2)c1. The first-order valence-electron chi connectivity index (χ1n) is 8.89. The summed E-state index contributed by atoms with van der Waals surface area (Å²) in [6.07, 6.45) is 3.32. The van der Waals surface area contributed by atoms with Crippen LogP contribution >= 0.6 is 0 Å². The Bertz CT molecular complexity index is 1130. The Balaban J connectivity index is 1.42. The molecule has 0 atom stereocenters. The van der Waals surface area contributed by atoms with E-state index in [0.717, 1.165) is 11.3 Å². The molecule has 0 saturated heterocycles. The third-order valence-corrected chi connectivity index (χ3v) is 4.33. The summed E-state index contributed by atoms with van der Waals surface area (Å²) in [6, 6.07) is 15.2. The molecule has 29 heavy (non-hydrogen) atoms. The average molecular weight is 391 g/mol. The number of nitrogens with one attached hydrogen (secondary N) is 2. The second-order valence-electron chi connectivity index (χ2n) is 6.41. The summed E-state index contributed by atoms with van der Waals surface area (Å²) in [7, 11) is 1.62. The molecule has 0 bridgehead atoms. The van der Waals surface area contributed by atoms with E-state index in [-0.39, 0.29) is 11.7 Å². The van der Waals surface area contributed by atoms with Crippen molar-refractivity contribution < 1.29 is 13.9 Å². The Morgan fingerprint density at radius 3 is 2.83 bits per heavy atom. The maximum Gasteiger partial charge on any atom is 0.273 e.